The molecule has 4 nitrogen and oxygen atoms in total. The van der Waals surface area contributed by atoms with Crippen molar-refractivity contribution in [3.05, 3.63) is 53.6 Å². The summed E-state index contributed by atoms with van der Waals surface area (Å²) in [5.74, 6) is 0.627. The summed E-state index contributed by atoms with van der Waals surface area (Å²) in [6.45, 7) is 4.25. The van der Waals surface area contributed by atoms with Crippen molar-refractivity contribution < 1.29 is 9.53 Å². The predicted octanol–water partition coefficient (Wildman–Crippen LogP) is 4.57. The maximum atomic E-state index is 12.0. The minimum absolute atomic E-state index is 0.151. The zero-order chi connectivity index (χ0) is 16.7. The molecule has 0 heterocycles. The van der Waals surface area contributed by atoms with Gasteiger partial charge in [0.2, 0.25) is 5.91 Å². The monoisotopic (exact) mass is 332 g/mol. The van der Waals surface area contributed by atoms with Crippen molar-refractivity contribution in [3.8, 4) is 5.75 Å². The summed E-state index contributed by atoms with van der Waals surface area (Å²) in [5.41, 5.74) is 1.44. The van der Waals surface area contributed by atoms with Crippen molar-refractivity contribution in [1.82, 2.24) is 0 Å². The number of anilines is 2. The van der Waals surface area contributed by atoms with E-state index in [0.29, 0.717) is 10.7 Å². The van der Waals surface area contributed by atoms with Crippen LogP contribution in [0.1, 0.15) is 20.3 Å². The fraction of sp³-hybridized carbons (Fsp3) is 0.278. The van der Waals surface area contributed by atoms with Gasteiger partial charge in [-0.2, -0.15) is 0 Å². The van der Waals surface area contributed by atoms with Crippen LogP contribution in [0, 0.1) is 0 Å². The molecule has 0 aliphatic carbocycles. The standard InChI is InChI=1S/C18H21ClN2O2/c1-3-13(2)23-15-8-6-7-14(11-15)20-12-18(22)21-17-10-5-4-9-16(17)19/h4-11,13,20H,3,12H2,1-2H3,(H,21,22). The fourth-order valence-corrected chi connectivity index (χ4v) is 2.12. The lowest BCUT2D eigenvalue weighted by molar-refractivity contribution is -0.114. The number of carbonyl (C=O) groups is 1. The van der Waals surface area contributed by atoms with Crippen LogP contribution in [0.4, 0.5) is 11.4 Å². The predicted molar refractivity (Wildman–Crippen MR) is 95.4 cm³/mol. The normalized spacial score (nSPS) is 11.6. The molecule has 0 saturated heterocycles. The molecule has 0 aliphatic rings. The summed E-state index contributed by atoms with van der Waals surface area (Å²) in [7, 11) is 0. The summed E-state index contributed by atoms with van der Waals surface area (Å²) in [4.78, 5) is 12.0. The zero-order valence-electron chi connectivity index (χ0n) is 13.3. The van der Waals surface area contributed by atoms with E-state index in [1.807, 2.05) is 43.3 Å². The lowest BCUT2D eigenvalue weighted by Gasteiger charge is -2.14. The van der Waals surface area contributed by atoms with Crippen molar-refractivity contribution >= 4 is 28.9 Å². The quantitative estimate of drug-likeness (QED) is 0.781. The molecule has 1 amide bonds. The molecular formula is C18H21ClN2O2. The summed E-state index contributed by atoms with van der Waals surface area (Å²) in [5, 5.41) is 6.37. The molecule has 0 saturated carbocycles. The third-order valence-corrected chi connectivity index (χ3v) is 3.68. The molecule has 2 rings (SSSR count). The SMILES string of the molecule is CCC(C)Oc1cccc(NCC(=O)Nc2ccccc2Cl)c1. The van der Waals surface area contributed by atoms with E-state index in [0.717, 1.165) is 17.9 Å². The molecule has 0 fully saturated rings. The lowest BCUT2D eigenvalue weighted by Crippen LogP contribution is -2.21. The number of ether oxygens (including phenoxy) is 1. The van der Waals surface area contributed by atoms with Gasteiger partial charge in [0.05, 0.1) is 23.4 Å². The number of para-hydroxylation sites is 1. The van der Waals surface area contributed by atoms with Crippen LogP contribution in [0.25, 0.3) is 0 Å². The minimum Gasteiger partial charge on any atom is -0.491 e. The van der Waals surface area contributed by atoms with Crippen LogP contribution in [0.5, 0.6) is 5.75 Å². The average Bonchev–Trinajstić information content (AvgIpc) is 2.55. The van der Waals surface area contributed by atoms with E-state index in [-0.39, 0.29) is 18.6 Å². The number of hydrogen-bond donors (Lipinski definition) is 2. The first-order valence-electron chi connectivity index (χ1n) is 7.63. The van der Waals surface area contributed by atoms with Crippen molar-refractivity contribution in [2.75, 3.05) is 17.2 Å². The molecule has 0 bridgehead atoms. The van der Waals surface area contributed by atoms with Gasteiger partial charge in [-0.25, -0.2) is 0 Å². The van der Waals surface area contributed by atoms with Gasteiger partial charge in [-0.3, -0.25) is 4.79 Å². The number of carbonyl (C=O) groups excluding carboxylic acids is 1. The second-order valence-electron chi connectivity index (χ2n) is 5.25. The van der Waals surface area contributed by atoms with Gasteiger partial charge in [0.25, 0.3) is 0 Å². The third-order valence-electron chi connectivity index (χ3n) is 3.35. The van der Waals surface area contributed by atoms with E-state index in [4.69, 9.17) is 16.3 Å². The molecule has 0 spiro atoms. The highest BCUT2D eigenvalue weighted by Crippen LogP contribution is 2.21. The molecular weight excluding hydrogens is 312 g/mol. The maximum Gasteiger partial charge on any atom is 0.243 e. The Bertz CT molecular complexity index is 661. The Morgan fingerprint density at radius 3 is 2.74 bits per heavy atom. The first-order valence-corrected chi connectivity index (χ1v) is 8.01. The summed E-state index contributed by atoms with van der Waals surface area (Å²) < 4.78 is 5.76. The second-order valence-corrected chi connectivity index (χ2v) is 5.65. The van der Waals surface area contributed by atoms with E-state index >= 15 is 0 Å². The fourth-order valence-electron chi connectivity index (χ4n) is 1.93. The molecule has 1 unspecified atom stereocenters. The van der Waals surface area contributed by atoms with Gasteiger partial charge in [-0.05, 0) is 37.6 Å². The van der Waals surface area contributed by atoms with Crippen molar-refractivity contribution in [2.24, 2.45) is 0 Å². The Morgan fingerprint density at radius 1 is 1.22 bits per heavy atom. The smallest absolute Gasteiger partial charge is 0.243 e. The van der Waals surface area contributed by atoms with Gasteiger partial charge in [-0.1, -0.05) is 36.7 Å². The van der Waals surface area contributed by atoms with Crippen LogP contribution in [-0.4, -0.2) is 18.6 Å². The van der Waals surface area contributed by atoms with Gasteiger partial charge in [0, 0.05) is 11.8 Å². The van der Waals surface area contributed by atoms with Crippen molar-refractivity contribution in [1.29, 1.82) is 0 Å². The zero-order valence-corrected chi connectivity index (χ0v) is 14.1. The van der Waals surface area contributed by atoms with E-state index in [1.54, 1.807) is 12.1 Å². The van der Waals surface area contributed by atoms with Crippen LogP contribution in [0.3, 0.4) is 0 Å². The Kier molecular flexibility index (Phi) is 6.29. The molecule has 0 aliphatic heterocycles. The molecule has 5 heteroatoms. The minimum atomic E-state index is -0.161. The maximum absolute atomic E-state index is 12.0. The summed E-state index contributed by atoms with van der Waals surface area (Å²) in [6.07, 6.45) is 1.10. The van der Waals surface area contributed by atoms with Crippen LogP contribution in [-0.2, 0) is 4.79 Å². The molecule has 23 heavy (non-hydrogen) atoms. The molecule has 2 aromatic rings. The number of nitrogens with one attached hydrogen (secondary N) is 2. The summed E-state index contributed by atoms with van der Waals surface area (Å²) in [6, 6.07) is 14.7. The van der Waals surface area contributed by atoms with Crippen LogP contribution in [0.15, 0.2) is 48.5 Å². The Labute approximate surface area is 141 Å². The number of rotatable bonds is 7. The number of halogens is 1. The van der Waals surface area contributed by atoms with Crippen LogP contribution in [0.2, 0.25) is 5.02 Å². The van der Waals surface area contributed by atoms with Crippen molar-refractivity contribution in [2.45, 2.75) is 26.4 Å². The van der Waals surface area contributed by atoms with Gasteiger partial charge in [0.15, 0.2) is 0 Å². The van der Waals surface area contributed by atoms with Gasteiger partial charge in [-0.15, -0.1) is 0 Å². The average molecular weight is 333 g/mol. The van der Waals surface area contributed by atoms with Crippen molar-refractivity contribution in [3.63, 3.8) is 0 Å². The Morgan fingerprint density at radius 2 is 2.00 bits per heavy atom. The number of hydrogen-bond acceptors (Lipinski definition) is 3. The van der Waals surface area contributed by atoms with E-state index in [1.165, 1.54) is 0 Å². The topological polar surface area (TPSA) is 50.4 Å². The van der Waals surface area contributed by atoms with E-state index in [9.17, 15) is 4.79 Å². The molecule has 122 valence electrons. The Balaban J connectivity index is 1.89. The third kappa shape index (κ3) is 5.49. The molecule has 2 aromatic carbocycles. The van der Waals surface area contributed by atoms with Crippen LogP contribution < -0.4 is 15.4 Å². The van der Waals surface area contributed by atoms with E-state index < -0.39 is 0 Å². The highest BCUT2D eigenvalue weighted by molar-refractivity contribution is 6.33. The van der Waals surface area contributed by atoms with E-state index in [2.05, 4.69) is 17.6 Å². The highest BCUT2D eigenvalue weighted by Gasteiger charge is 2.06. The summed E-state index contributed by atoms with van der Waals surface area (Å²) >= 11 is 6.02. The largest absolute Gasteiger partial charge is 0.491 e. The van der Waals surface area contributed by atoms with Gasteiger partial charge >= 0.3 is 0 Å². The first-order chi connectivity index (χ1) is 11.1. The molecule has 0 radical (unpaired) electrons. The van der Waals surface area contributed by atoms with Crippen LogP contribution >= 0.6 is 11.6 Å². The first kappa shape index (κ1) is 17.2. The number of benzene rings is 2. The molecule has 2 N–H and O–H groups in total. The Hall–Kier alpha value is -2.20. The number of amides is 1. The molecule has 1 atom stereocenters. The lowest BCUT2D eigenvalue weighted by atomic mass is 10.2. The second kappa shape index (κ2) is 8.44. The molecule has 0 aromatic heterocycles. The van der Waals surface area contributed by atoms with Gasteiger partial charge in [0.1, 0.15) is 5.75 Å². The highest BCUT2D eigenvalue weighted by atomic mass is 35.5. The van der Waals surface area contributed by atoms with Gasteiger partial charge < -0.3 is 15.4 Å².